The van der Waals surface area contributed by atoms with Crippen molar-refractivity contribution in [3.63, 3.8) is 0 Å². The van der Waals surface area contributed by atoms with E-state index in [2.05, 4.69) is 40.6 Å². The summed E-state index contributed by atoms with van der Waals surface area (Å²) in [6.07, 6.45) is 4.57. The second-order valence-corrected chi connectivity index (χ2v) is 5.86. The average molecular weight is 309 g/mol. The van der Waals surface area contributed by atoms with Crippen molar-refractivity contribution in [2.75, 3.05) is 39.8 Å². The number of aliphatic imine (C=N–C) groups is 1. The molecule has 21 heavy (non-hydrogen) atoms. The van der Waals surface area contributed by atoms with Gasteiger partial charge < -0.3 is 15.0 Å². The van der Waals surface area contributed by atoms with Gasteiger partial charge in [-0.3, -0.25) is 4.99 Å². The van der Waals surface area contributed by atoms with Crippen molar-refractivity contribution < 1.29 is 4.74 Å². The first-order valence-electron chi connectivity index (χ1n) is 7.25. The molecule has 0 aliphatic carbocycles. The molecule has 5 heteroatoms. The van der Waals surface area contributed by atoms with Gasteiger partial charge in [0.25, 0.3) is 0 Å². The van der Waals surface area contributed by atoms with Crippen LogP contribution in [0.25, 0.3) is 0 Å². The van der Waals surface area contributed by atoms with Gasteiger partial charge in [-0.1, -0.05) is 12.1 Å². The Morgan fingerprint density at radius 1 is 1.29 bits per heavy atom. The van der Waals surface area contributed by atoms with E-state index in [1.807, 2.05) is 30.9 Å². The Labute approximate surface area is 133 Å². The minimum atomic E-state index is 0.828. The third kappa shape index (κ3) is 6.76. The lowest BCUT2D eigenvalue weighted by Crippen LogP contribution is -2.38. The first-order valence-corrected chi connectivity index (χ1v) is 8.64. The molecule has 1 N–H and O–H groups in total. The molecule has 1 rings (SSSR count). The lowest BCUT2D eigenvalue weighted by molar-refractivity contribution is 0.414. The number of hydrogen-bond donors (Lipinski definition) is 1. The second-order valence-electron chi connectivity index (χ2n) is 4.88. The highest BCUT2D eigenvalue weighted by atomic mass is 32.2. The number of ether oxygens (including phenoxy) is 1. The van der Waals surface area contributed by atoms with Gasteiger partial charge in [-0.05, 0) is 42.5 Å². The highest BCUT2D eigenvalue weighted by Crippen LogP contribution is 2.12. The summed E-state index contributed by atoms with van der Waals surface area (Å²) in [5, 5.41) is 3.41. The lowest BCUT2D eigenvalue weighted by Gasteiger charge is -2.22. The first kappa shape index (κ1) is 17.7. The summed E-state index contributed by atoms with van der Waals surface area (Å²) in [6.45, 7) is 1.80. The van der Waals surface area contributed by atoms with E-state index in [0.29, 0.717) is 0 Å². The van der Waals surface area contributed by atoms with Crippen molar-refractivity contribution in [2.45, 2.75) is 19.4 Å². The molecule has 0 spiro atoms. The van der Waals surface area contributed by atoms with E-state index < -0.39 is 0 Å². The van der Waals surface area contributed by atoms with Gasteiger partial charge in [-0.15, -0.1) is 0 Å². The normalized spacial score (nSPS) is 11.3. The van der Waals surface area contributed by atoms with Gasteiger partial charge in [0.1, 0.15) is 5.75 Å². The van der Waals surface area contributed by atoms with Crippen molar-refractivity contribution in [3.8, 4) is 5.75 Å². The molecule has 0 aromatic heterocycles. The van der Waals surface area contributed by atoms with Crippen LogP contribution in [0.4, 0.5) is 0 Å². The maximum atomic E-state index is 5.18. The molecule has 0 aliphatic heterocycles. The highest BCUT2D eigenvalue weighted by molar-refractivity contribution is 7.98. The molecule has 0 saturated heterocycles. The van der Waals surface area contributed by atoms with Crippen LogP contribution in [0.15, 0.2) is 29.3 Å². The molecular formula is C16H27N3OS. The van der Waals surface area contributed by atoms with Crippen molar-refractivity contribution >= 4 is 17.7 Å². The van der Waals surface area contributed by atoms with E-state index in [9.17, 15) is 0 Å². The van der Waals surface area contributed by atoms with Crippen LogP contribution in [-0.4, -0.2) is 50.6 Å². The standard InChI is InChI=1S/C16H27N3OS/c1-17-16(18-11-5-6-12-21-4)19(2)13-14-7-9-15(20-3)10-8-14/h7-10H,5-6,11-13H2,1-4H3,(H,17,18). The average Bonchev–Trinajstić information content (AvgIpc) is 2.51. The van der Waals surface area contributed by atoms with Crippen LogP contribution in [0.5, 0.6) is 5.75 Å². The summed E-state index contributed by atoms with van der Waals surface area (Å²) < 4.78 is 5.18. The molecule has 0 fully saturated rings. The molecule has 0 bridgehead atoms. The van der Waals surface area contributed by atoms with Gasteiger partial charge >= 0.3 is 0 Å². The van der Waals surface area contributed by atoms with Gasteiger partial charge in [0, 0.05) is 27.2 Å². The van der Waals surface area contributed by atoms with Gasteiger partial charge in [-0.25, -0.2) is 0 Å². The molecule has 0 saturated carbocycles. The molecule has 118 valence electrons. The summed E-state index contributed by atoms with van der Waals surface area (Å²) in [4.78, 5) is 6.47. The van der Waals surface area contributed by atoms with Crippen LogP contribution in [0.2, 0.25) is 0 Å². The molecule has 0 heterocycles. The van der Waals surface area contributed by atoms with Gasteiger partial charge in [0.05, 0.1) is 7.11 Å². The van der Waals surface area contributed by atoms with Crippen LogP contribution in [0.3, 0.4) is 0 Å². The third-order valence-corrected chi connectivity index (χ3v) is 3.91. The zero-order valence-corrected chi connectivity index (χ0v) is 14.4. The summed E-state index contributed by atoms with van der Waals surface area (Å²) in [7, 11) is 5.57. The number of nitrogens with one attached hydrogen (secondary N) is 1. The maximum Gasteiger partial charge on any atom is 0.193 e. The van der Waals surface area contributed by atoms with Crippen molar-refractivity contribution in [1.29, 1.82) is 0 Å². The number of thioether (sulfide) groups is 1. The Kier molecular flexibility index (Phi) is 8.74. The minimum Gasteiger partial charge on any atom is -0.497 e. The van der Waals surface area contributed by atoms with Crippen LogP contribution < -0.4 is 10.1 Å². The fraction of sp³-hybridized carbons (Fsp3) is 0.562. The topological polar surface area (TPSA) is 36.9 Å². The van der Waals surface area contributed by atoms with Gasteiger partial charge in [0.15, 0.2) is 5.96 Å². The number of benzene rings is 1. The number of guanidine groups is 1. The Bertz CT molecular complexity index is 420. The summed E-state index contributed by atoms with van der Waals surface area (Å²) in [5.41, 5.74) is 1.24. The molecule has 0 radical (unpaired) electrons. The zero-order chi connectivity index (χ0) is 15.5. The molecule has 0 atom stereocenters. The van der Waals surface area contributed by atoms with E-state index in [1.165, 1.54) is 24.2 Å². The van der Waals surface area contributed by atoms with E-state index in [1.54, 1.807) is 7.11 Å². The fourth-order valence-electron chi connectivity index (χ4n) is 2.04. The van der Waals surface area contributed by atoms with Crippen LogP contribution >= 0.6 is 11.8 Å². The zero-order valence-electron chi connectivity index (χ0n) is 13.6. The van der Waals surface area contributed by atoms with Crippen molar-refractivity contribution in [2.24, 2.45) is 4.99 Å². The minimum absolute atomic E-state index is 0.828. The molecule has 1 aromatic carbocycles. The fourth-order valence-corrected chi connectivity index (χ4v) is 2.53. The van der Waals surface area contributed by atoms with E-state index in [-0.39, 0.29) is 0 Å². The van der Waals surface area contributed by atoms with E-state index in [4.69, 9.17) is 4.74 Å². The number of nitrogens with zero attached hydrogens (tertiary/aromatic N) is 2. The smallest absolute Gasteiger partial charge is 0.193 e. The highest BCUT2D eigenvalue weighted by Gasteiger charge is 2.06. The van der Waals surface area contributed by atoms with E-state index >= 15 is 0 Å². The largest absolute Gasteiger partial charge is 0.497 e. The predicted octanol–water partition coefficient (Wildman–Crippen LogP) is 2.85. The SMILES string of the molecule is CN=C(NCCCCSC)N(C)Cc1ccc(OC)cc1. The lowest BCUT2D eigenvalue weighted by atomic mass is 10.2. The van der Waals surface area contributed by atoms with Crippen molar-refractivity contribution in [3.05, 3.63) is 29.8 Å². The maximum absolute atomic E-state index is 5.18. The second kappa shape index (κ2) is 10.4. The molecule has 4 nitrogen and oxygen atoms in total. The van der Waals surface area contributed by atoms with Gasteiger partial charge in [0.2, 0.25) is 0 Å². The monoisotopic (exact) mass is 309 g/mol. The molecule has 0 amide bonds. The Hall–Kier alpha value is -1.36. The van der Waals surface area contributed by atoms with E-state index in [0.717, 1.165) is 24.8 Å². The Morgan fingerprint density at radius 2 is 2.00 bits per heavy atom. The summed E-state index contributed by atoms with van der Waals surface area (Å²) in [6, 6.07) is 8.14. The summed E-state index contributed by atoms with van der Waals surface area (Å²) in [5.74, 6) is 3.05. The number of unbranched alkanes of at least 4 members (excludes halogenated alkanes) is 1. The van der Waals surface area contributed by atoms with Crippen LogP contribution in [0.1, 0.15) is 18.4 Å². The van der Waals surface area contributed by atoms with Gasteiger partial charge in [-0.2, -0.15) is 11.8 Å². The molecule has 1 aromatic rings. The quantitative estimate of drug-likeness (QED) is 0.455. The Balaban J connectivity index is 2.41. The van der Waals surface area contributed by atoms with Crippen molar-refractivity contribution in [1.82, 2.24) is 10.2 Å². The Morgan fingerprint density at radius 3 is 2.57 bits per heavy atom. The number of rotatable bonds is 8. The number of hydrogen-bond acceptors (Lipinski definition) is 3. The molecule has 0 unspecified atom stereocenters. The summed E-state index contributed by atoms with van der Waals surface area (Å²) >= 11 is 1.90. The number of methoxy groups -OCH3 is 1. The molecular weight excluding hydrogens is 282 g/mol. The molecule has 0 aliphatic rings. The van der Waals surface area contributed by atoms with Crippen LogP contribution in [-0.2, 0) is 6.54 Å². The third-order valence-electron chi connectivity index (χ3n) is 3.21. The first-order chi connectivity index (χ1) is 10.2. The van der Waals surface area contributed by atoms with Crippen LogP contribution in [0, 0.1) is 0 Å². The predicted molar refractivity (Wildman–Crippen MR) is 93.4 cm³/mol.